The van der Waals surface area contributed by atoms with Gasteiger partial charge in [-0.1, -0.05) is 19.1 Å². The van der Waals surface area contributed by atoms with Crippen molar-refractivity contribution in [3.8, 4) is 5.75 Å². The van der Waals surface area contributed by atoms with Gasteiger partial charge >= 0.3 is 0 Å². The zero-order valence-electron chi connectivity index (χ0n) is 10.3. The van der Waals surface area contributed by atoms with E-state index in [1.807, 2.05) is 29.2 Å². The van der Waals surface area contributed by atoms with Crippen molar-refractivity contribution >= 4 is 18.1 Å². The second kappa shape index (κ2) is 6.91. The Bertz CT molecular complexity index is 485. The van der Waals surface area contributed by atoms with E-state index in [0.29, 0.717) is 12.3 Å². The first-order chi connectivity index (χ1) is 8.28. The van der Waals surface area contributed by atoms with Crippen molar-refractivity contribution in [2.24, 2.45) is 0 Å². The molecule has 1 aromatic heterocycles. The highest BCUT2D eigenvalue weighted by atomic mass is 35.5. The van der Waals surface area contributed by atoms with Gasteiger partial charge in [0.05, 0.1) is 11.9 Å². The molecule has 0 bridgehead atoms. The van der Waals surface area contributed by atoms with E-state index in [0.717, 1.165) is 24.2 Å². The van der Waals surface area contributed by atoms with Gasteiger partial charge < -0.3 is 10.4 Å². The van der Waals surface area contributed by atoms with Crippen LogP contribution in [0.4, 0.5) is 5.69 Å². The number of aryl methyl sites for hydroxylation is 1. The molecule has 0 saturated carbocycles. The minimum Gasteiger partial charge on any atom is -0.508 e. The van der Waals surface area contributed by atoms with Crippen molar-refractivity contribution in [3.05, 3.63) is 42.2 Å². The summed E-state index contributed by atoms with van der Waals surface area (Å²) in [7, 11) is 0. The number of aromatic hydroxyl groups is 1. The van der Waals surface area contributed by atoms with Crippen LogP contribution in [0.15, 0.2) is 36.7 Å². The lowest BCUT2D eigenvalue weighted by Crippen LogP contribution is -1.99. The van der Waals surface area contributed by atoms with E-state index in [4.69, 9.17) is 0 Å². The molecule has 2 rings (SSSR count). The molecule has 0 amide bonds. The monoisotopic (exact) mass is 267 g/mol. The van der Waals surface area contributed by atoms with Crippen LogP contribution in [-0.2, 0) is 13.1 Å². The molecule has 98 valence electrons. The molecule has 0 unspecified atom stereocenters. The number of hydrogen-bond acceptors (Lipinski definition) is 3. The van der Waals surface area contributed by atoms with Gasteiger partial charge in [0.1, 0.15) is 5.75 Å². The van der Waals surface area contributed by atoms with Gasteiger partial charge in [-0.25, -0.2) is 0 Å². The van der Waals surface area contributed by atoms with Gasteiger partial charge in [-0.05, 0) is 24.1 Å². The van der Waals surface area contributed by atoms with Gasteiger partial charge in [0.15, 0.2) is 0 Å². The third-order valence-electron chi connectivity index (χ3n) is 2.49. The van der Waals surface area contributed by atoms with Crippen LogP contribution in [0, 0.1) is 0 Å². The summed E-state index contributed by atoms with van der Waals surface area (Å²) in [6, 6.07) is 7.24. The van der Waals surface area contributed by atoms with Crippen LogP contribution in [0.2, 0.25) is 0 Å². The molecule has 0 radical (unpaired) electrons. The number of benzene rings is 1. The van der Waals surface area contributed by atoms with Gasteiger partial charge in [0.25, 0.3) is 0 Å². The lowest BCUT2D eigenvalue weighted by Gasteiger charge is -2.03. The molecule has 2 aromatic rings. The third kappa shape index (κ3) is 3.96. The Morgan fingerprint density at radius 1 is 1.39 bits per heavy atom. The molecule has 1 heterocycles. The number of aromatic nitrogens is 2. The smallest absolute Gasteiger partial charge is 0.115 e. The van der Waals surface area contributed by atoms with Crippen LogP contribution in [0.3, 0.4) is 0 Å². The Labute approximate surface area is 113 Å². The molecular formula is C13H18ClN3O. The Morgan fingerprint density at radius 2 is 2.22 bits per heavy atom. The molecule has 0 aliphatic rings. The first-order valence-electron chi connectivity index (χ1n) is 5.82. The summed E-state index contributed by atoms with van der Waals surface area (Å²) >= 11 is 0. The molecule has 0 spiro atoms. The van der Waals surface area contributed by atoms with E-state index in [9.17, 15) is 5.11 Å². The van der Waals surface area contributed by atoms with Crippen LogP contribution in [0.5, 0.6) is 5.75 Å². The first kappa shape index (κ1) is 14.4. The maximum Gasteiger partial charge on any atom is 0.115 e. The van der Waals surface area contributed by atoms with E-state index in [1.165, 1.54) is 0 Å². The number of phenolic OH excluding ortho intramolecular Hbond substituents is 1. The van der Waals surface area contributed by atoms with Gasteiger partial charge in [-0.2, -0.15) is 5.10 Å². The molecule has 18 heavy (non-hydrogen) atoms. The number of rotatable bonds is 5. The number of halogens is 1. The van der Waals surface area contributed by atoms with Crippen LogP contribution in [0.1, 0.15) is 18.9 Å². The molecule has 1 aromatic carbocycles. The molecule has 5 heteroatoms. The average Bonchev–Trinajstić information content (AvgIpc) is 2.75. The molecule has 4 nitrogen and oxygen atoms in total. The number of nitrogens with zero attached hydrogens (tertiary/aromatic N) is 2. The summed E-state index contributed by atoms with van der Waals surface area (Å²) in [6.45, 7) is 3.75. The maximum atomic E-state index is 9.34. The van der Waals surface area contributed by atoms with Gasteiger partial charge in [0, 0.05) is 19.3 Å². The average molecular weight is 268 g/mol. The Kier molecular flexibility index (Phi) is 5.52. The lowest BCUT2D eigenvalue weighted by molar-refractivity contribution is 0.474. The fourth-order valence-electron chi connectivity index (χ4n) is 1.68. The topological polar surface area (TPSA) is 50.1 Å². The van der Waals surface area contributed by atoms with Crippen LogP contribution in [-0.4, -0.2) is 14.9 Å². The minimum absolute atomic E-state index is 0. The zero-order valence-corrected chi connectivity index (χ0v) is 11.2. The highest BCUT2D eigenvalue weighted by Gasteiger charge is 1.98. The Balaban J connectivity index is 0.00000162. The van der Waals surface area contributed by atoms with E-state index in [1.54, 1.807) is 12.1 Å². The largest absolute Gasteiger partial charge is 0.508 e. The molecule has 0 saturated heterocycles. The summed E-state index contributed by atoms with van der Waals surface area (Å²) < 4.78 is 1.92. The summed E-state index contributed by atoms with van der Waals surface area (Å²) in [5.41, 5.74) is 2.05. The molecule has 0 aliphatic carbocycles. The summed E-state index contributed by atoms with van der Waals surface area (Å²) in [5, 5.41) is 16.9. The summed E-state index contributed by atoms with van der Waals surface area (Å²) in [6.07, 6.45) is 4.89. The predicted molar refractivity (Wildman–Crippen MR) is 75.2 cm³/mol. The van der Waals surface area contributed by atoms with E-state index >= 15 is 0 Å². The van der Waals surface area contributed by atoms with Crippen molar-refractivity contribution < 1.29 is 5.11 Å². The normalized spacial score (nSPS) is 9.83. The third-order valence-corrected chi connectivity index (χ3v) is 2.49. The Morgan fingerprint density at radius 3 is 2.94 bits per heavy atom. The van der Waals surface area contributed by atoms with Crippen LogP contribution >= 0.6 is 12.4 Å². The second-order valence-electron chi connectivity index (χ2n) is 4.02. The van der Waals surface area contributed by atoms with Crippen LogP contribution in [0.25, 0.3) is 0 Å². The standard InChI is InChI=1S/C13H17N3O.ClH/c1-2-6-16-10-12(9-15-16)14-8-11-4-3-5-13(17)7-11;/h3-5,7,9-10,14,17H,2,6,8H2,1H3;1H. The zero-order chi connectivity index (χ0) is 12.1. The van der Waals surface area contributed by atoms with E-state index < -0.39 is 0 Å². The van der Waals surface area contributed by atoms with Crippen molar-refractivity contribution in [2.45, 2.75) is 26.4 Å². The molecule has 0 atom stereocenters. The molecule has 0 aliphatic heterocycles. The van der Waals surface area contributed by atoms with Crippen molar-refractivity contribution in [1.82, 2.24) is 9.78 Å². The van der Waals surface area contributed by atoms with Gasteiger partial charge in [-0.3, -0.25) is 4.68 Å². The lowest BCUT2D eigenvalue weighted by atomic mass is 10.2. The quantitative estimate of drug-likeness (QED) is 0.875. The fourth-order valence-corrected chi connectivity index (χ4v) is 1.68. The van der Waals surface area contributed by atoms with Crippen molar-refractivity contribution in [2.75, 3.05) is 5.32 Å². The summed E-state index contributed by atoms with van der Waals surface area (Å²) in [5.74, 6) is 0.297. The number of anilines is 1. The number of hydrogen-bond donors (Lipinski definition) is 2. The summed E-state index contributed by atoms with van der Waals surface area (Å²) in [4.78, 5) is 0. The van der Waals surface area contributed by atoms with Gasteiger partial charge in [-0.15, -0.1) is 12.4 Å². The minimum atomic E-state index is 0. The van der Waals surface area contributed by atoms with E-state index in [2.05, 4.69) is 17.3 Å². The van der Waals surface area contributed by atoms with Crippen molar-refractivity contribution in [1.29, 1.82) is 0 Å². The fraction of sp³-hybridized carbons (Fsp3) is 0.308. The highest BCUT2D eigenvalue weighted by molar-refractivity contribution is 5.85. The Hall–Kier alpha value is -1.68. The highest BCUT2D eigenvalue weighted by Crippen LogP contribution is 2.13. The molecule has 0 fully saturated rings. The number of phenols is 1. The molecular weight excluding hydrogens is 250 g/mol. The van der Waals surface area contributed by atoms with Crippen LogP contribution < -0.4 is 5.32 Å². The first-order valence-corrected chi connectivity index (χ1v) is 5.82. The SMILES string of the molecule is CCCn1cc(NCc2cccc(O)c2)cn1.Cl. The van der Waals surface area contributed by atoms with Gasteiger partial charge in [0.2, 0.25) is 0 Å². The predicted octanol–water partition coefficient (Wildman–Crippen LogP) is 3.03. The van der Waals surface area contributed by atoms with E-state index in [-0.39, 0.29) is 12.4 Å². The van der Waals surface area contributed by atoms with Crippen molar-refractivity contribution in [3.63, 3.8) is 0 Å². The second-order valence-corrected chi connectivity index (χ2v) is 4.02. The molecule has 2 N–H and O–H groups in total. The number of nitrogens with one attached hydrogen (secondary N) is 1. The maximum absolute atomic E-state index is 9.34.